The Morgan fingerprint density at radius 1 is 1.35 bits per heavy atom. The molecule has 2 atom stereocenters. The summed E-state index contributed by atoms with van der Waals surface area (Å²) in [5.74, 6) is 0. The summed E-state index contributed by atoms with van der Waals surface area (Å²) in [6.07, 6.45) is 4.44. The summed E-state index contributed by atoms with van der Waals surface area (Å²) < 4.78 is 5.19. The van der Waals surface area contributed by atoms with Crippen LogP contribution in [-0.2, 0) is 16.2 Å². The van der Waals surface area contributed by atoms with Gasteiger partial charge in [-0.2, -0.15) is 5.06 Å². The molecule has 1 heterocycles. The highest BCUT2D eigenvalue weighted by Gasteiger charge is 2.39. The van der Waals surface area contributed by atoms with Gasteiger partial charge in [0, 0.05) is 6.42 Å². The number of amides is 1. The van der Waals surface area contributed by atoms with E-state index in [4.69, 9.17) is 9.57 Å². The van der Waals surface area contributed by atoms with Crippen molar-refractivity contribution in [1.82, 2.24) is 5.06 Å². The molecule has 88 valence electrons. The monoisotopic (exact) mass is 231 g/mol. The number of nitrogens with zero attached hydrogens (tertiary/aromatic N) is 1. The van der Waals surface area contributed by atoms with E-state index in [0.717, 1.165) is 12.0 Å². The summed E-state index contributed by atoms with van der Waals surface area (Å²) in [4.78, 5) is 17.1. The van der Waals surface area contributed by atoms with Gasteiger partial charge in [-0.25, -0.2) is 4.79 Å². The van der Waals surface area contributed by atoms with Gasteiger partial charge in [-0.1, -0.05) is 42.5 Å². The van der Waals surface area contributed by atoms with Crippen LogP contribution in [0, 0.1) is 0 Å². The fraction of sp³-hybridized carbons (Fsp3) is 0.308. The van der Waals surface area contributed by atoms with Gasteiger partial charge in [-0.3, -0.25) is 4.84 Å². The molecule has 2 aliphatic rings. The average Bonchev–Trinajstić information content (AvgIpc) is 2.99. The maximum atomic E-state index is 11.8. The molecule has 0 N–H and O–H groups in total. The maximum absolute atomic E-state index is 11.8. The third-order valence-electron chi connectivity index (χ3n) is 2.96. The highest BCUT2D eigenvalue weighted by atomic mass is 16.7. The second-order valence-electron chi connectivity index (χ2n) is 4.20. The minimum absolute atomic E-state index is 0.0447. The van der Waals surface area contributed by atoms with Gasteiger partial charge in [0.05, 0.1) is 6.04 Å². The predicted molar refractivity (Wildman–Crippen MR) is 60.9 cm³/mol. The zero-order valence-corrected chi connectivity index (χ0v) is 9.28. The minimum atomic E-state index is -0.411. The number of hydroxylamine groups is 2. The first-order valence-electron chi connectivity index (χ1n) is 5.68. The first-order valence-corrected chi connectivity index (χ1v) is 5.68. The molecule has 2 bridgehead atoms. The Morgan fingerprint density at radius 3 is 2.82 bits per heavy atom. The SMILES string of the molecule is O=C(OCc1ccccc1)N1OC2C=CC1C2. The van der Waals surface area contributed by atoms with Crippen molar-refractivity contribution < 1.29 is 14.4 Å². The minimum Gasteiger partial charge on any atom is -0.443 e. The smallest absolute Gasteiger partial charge is 0.434 e. The van der Waals surface area contributed by atoms with E-state index in [0.29, 0.717) is 0 Å². The van der Waals surface area contributed by atoms with E-state index in [1.807, 2.05) is 42.5 Å². The van der Waals surface area contributed by atoms with Gasteiger partial charge < -0.3 is 4.74 Å². The molecule has 1 aromatic carbocycles. The Labute approximate surface area is 99.4 Å². The van der Waals surface area contributed by atoms with Crippen LogP contribution in [-0.4, -0.2) is 23.3 Å². The van der Waals surface area contributed by atoms with Crippen molar-refractivity contribution in [1.29, 1.82) is 0 Å². The van der Waals surface area contributed by atoms with E-state index >= 15 is 0 Å². The van der Waals surface area contributed by atoms with E-state index in [1.165, 1.54) is 5.06 Å². The van der Waals surface area contributed by atoms with E-state index in [2.05, 4.69) is 0 Å². The Kier molecular flexibility index (Phi) is 2.57. The molecule has 1 aliphatic heterocycles. The first-order chi connectivity index (χ1) is 8.33. The fourth-order valence-electron chi connectivity index (χ4n) is 2.08. The molecule has 1 aromatic rings. The molecule has 4 heteroatoms. The zero-order valence-electron chi connectivity index (χ0n) is 9.28. The van der Waals surface area contributed by atoms with E-state index < -0.39 is 6.09 Å². The summed E-state index contributed by atoms with van der Waals surface area (Å²) in [7, 11) is 0. The standard InChI is InChI=1S/C13H13NO3/c15-13(14-11-6-7-12(8-11)17-14)16-9-10-4-2-1-3-5-10/h1-7,11-12H,8-9H2. The van der Waals surface area contributed by atoms with Gasteiger partial charge in [0.25, 0.3) is 0 Å². The van der Waals surface area contributed by atoms with Crippen molar-refractivity contribution >= 4 is 6.09 Å². The maximum Gasteiger partial charge on any atom is 0.434 e. The molecule has 1 fully saturated rings. The molecule has 1 aliphatic carbocycles. The van der Waals surface area contributed by atoms with Gasteiger partial charge >= 0.3 is 6.09 Å². The molecule has 4 nitrogen and oxygen atoms in total. The third kappa shape index (κ3) is 2.03. The number of fused-ring (bicyclic) bond motifs is 2. The number of benzene rings is 1. The number of rotatable bonds is 2. The van der Waals surface area contributed by atoms with Crippen LogP contribution >= 0.6 is 0 Å². The quantitative estimate of drug-likeness (QED) is 0.733. The highest BCUT2D eigenvalue weighted by Crippen LogP contribution is 2.29. The van der Waals surface area contributed by atoms with Crippen LogP contribution in [0.15, 0.2) is 42.5 Å². The Morgan fingerprint density at radius 2 is 2.18 bits per heavy atom. The van der Waals surface area contributed by atoms with Crippen LogP contribution in [0.2, 0.25) is 0 Å². The molecule has 0 aromatic heterocycles. The molecular weight excluding hydrogens is 218 g/mol. The zero-order chi connectivity index (χ0) is 11.7. The Hall–Kier alpha value is -1.81. The predicted octanol–water partition coefficient (Wildman–Crippen LogP) is 2.27. The molecule has 1 saturated heterocycles. The van der Waals surface area contributed by atoms with Crippen LogP contribution in [0.1, 0.15) is 12.0 Å². The molecular formula is C13H13NO3. The lowest BCUT2D eigenvalue weighted by Crippen LogP contribution is -2.35. The van der Waals surface area contributed by atoms with Gasteiger partial charge in [0.15, 0.2) is 0 Å². The Bertz CT molecular complexity index is 443. The summed E-state index contributed by atoms with van der Waals surface area (Å²) in [5.41, 5.74) is 0.973. The van der Waals surface area contributed by atoms with Crippen LogP contribution in [0.25, 0.3) is 0 Å². The Balaban J connectivity index is 1.56. The van der Waals surface area contributed by atoms with E-state index in [9.17, 15) is 4.79 Å². The van der Waals surface area contributed by atoms with E-state index in [1.54, 1.807) is 0 Å². The van der Waals surface area contributed by atoms with Crippen LogP contribution in [0.5, 0.6) is 0 Å². The van der Waals surface area contributed by atoms with Crippen molar-refractivity contribution in [2.45, 2.75) is 25.2 Å². The molecule has 0 radical (unpaired) electrons. The molecule has 1 amide bonds. The summed E-state index contributed by atoms with van der Waals surface area (Å²) in [6.45, 7) is 0.278. The largest absolute Gasteiger partial charge is 0.443 e. The van der Waals surface area contributed by atoms with Crippen molar-refractivity contribution in [3.63, 3.8) is 0 Å². The lowest BCUT2D eigenvalue weighted by atomic mass is 10.2. The summed E-state index contributed by atoms with van der Waals surface area (Å²) in [6, 6.07) is 9.65. The third-order valence-corrected chi connectivity index (χ3v) is 2.96. The topological polar surface area (TPSA) is 38.8 Å². The summed E-state index contributed by atoms with van der Waals surface area (Å²) >= 11 is 0. The van der Waals surface area contributed by atoms with Crippen molar-refractivity contribution in [2.24, 2.45) is 0 Å². The molecule has 0 saturated carbocycles. The molecule has 2 unspecified atom stereocenters. The van der Waals surface area contributed by atoms with Gasteiger partial charge in [0.2, 0.25) is 0 Å². The molecule has 0 spiro atoms. The lowest BCUT2D eigenvalue weighted by molar-refractivity contribution is -0.129. The van der Waals surface area contributed by atoms with Gasteiger partial charge in [-0.05, 0) is 5.56 Å². The number of carbonyl (C=O) groups is 1. The molecule has 3 rings (SSSR count). The normalized spacial score (nSPS) is 25.3. The number of hydrogen-bond donors (Lipinski definition) is 0. The number of carbonyl (C=O) groups excluding carboxylic acids is 1. The van der Waals surface area contributed by atoms with Crippen LogP contribution < -0.4 is 0 Å². The van der Waals surface area contributed by atoms with Crippen molar-refractivity contribution in [3.8, 4) is 0 Å². The molecule has 17 heavy (non-hydrogen) atoms. The van der Waals surface area contributed by atoms with Crippen molar-refractivity contribution in [3.05, 3.63) is 48.0 Å². The number of ether oxygens (including phenoxy) is 1. The second kappa shape index (κ2) is 4.22. The highest BCUT2D eigenvalue weighted by molar-refractivity contribution is 5.67. The van der Waals surface area contributed by atoms with Gasteiger partial charge in [0.1, 0.15) is 12.7 Å². The average molecular weight is 231 g/mol. The second-order valence-corrected chi connectivity index (χ2v) is 4.20. The summed E-state index contributed by atoms with van der Waals surface area (Å²) in [5, 5.41) is 1.33. The van der Waals surface area contributed by atoms with Crippen LogP contribution in [0.3, 0.4) is 0 Å². The number of hydrogen-bond acceptors (Lipinski definition) is 3. The van der Waals surface area contributed by atoms with Crippen LogP contribution in [0.4, 0.5) is 4.79 Å². The fourth-order valence-corrected chi connectivity index (χ4v) is 2.08. The van der Waals surface area contributed by atoms with E-state index in [-0.39, 0.29) is 18.8 Å². The lowest BCUT2D eigenvalue weighted by Gasteiger charge is -2.21. The van der Waals surface area contributed by atoms with Gasteiger partial charge in [-0.15, -0.1) is 0 Å². The first kappa shape index (κ1) is 10.4. The van der Waals surface area contributed by atoms with Crippen molar-refractivity contribution in [2.75, 3.05) is 0 Å².